The lowest BCUT2D eigenvalue weighted by atomic mass is 10.1. The topological polar surface area (TPSA) is 105 Å². The molecule has 0 aliphatic carbocycles. The van der Waals surface area contributed by atoms with E-state index in [-0.39, 0.29) is 40.8 Å². The van der Waals surface area contributed by atoms with E-state index in [4.69, 9.17) is 4.42 Å². The number of benzene rings is 2. The third-order valence-electron chi connectivity index (χ3n) is 4.45. The molecular weight excluding hydrogens is 423 g/mol. The molecule has 0 spiro atoms. The Morgan fingerprint density at radius 2 is 1.61 bits per heavy atom. The Morgan fingerprint density at radius 3 is 2.29 bits per heavy atom. The van der Waals surface area contributed by atoms with Crippen LogP contribution in [0.15, 0.2) is 70.0 Å². The molecule has 31 heavy (non-hydrogen) atoms. The van der Waals surface area contributed by atoms with Crippen molar-refractivity contribution in [2.24, 2.45) is 0 Å². The summed E-state index contributed by atoms with van der Waals surface area (Å²) >= 11 is 0. The molecule has 1 aromatic heterocycles. The van der Waals surface area contributed by atoms with E-state index in [1.807, 2.05) is 0 Å². The molecule has 0 fully saturated rings. The minimum Gasteiger partial charge on any atom is -0.455 e. The molecule has 3 aromatic rings. The summed E-state index contributed by atoms with van der Waals surface area (Å²) in [5.74, 6) is -1.73. The Morgan fingerprint density at radius 1 is 0.935 bits per heavy atom. The summed E-state index contributed by atoms with van der Waals surface area (Å²) in [6.07, 6.45) is 0. The predicted octanol–water partition coefficient (Wildman–Crippen LogP) is 2.86. The molecule has 0 saturated heterocycles. The van der Waals surface area contributed by atoms with Gasteiger partial charge in [-0.3, -0.25) is 9.59 Å². The largest absolute Gasteiger partial charge is 0.455 e. The number of hydrogen-bond donors (Lipinski definition) is 2. The lowest BCUT2D eigenvalue weighted by Gasteiger charge is -2.07. The third-order valence-corrected chi connectivity index (χ3v) is 6.11. The van der Waals surface area contributed by atoms with Crippen molar-refractivity contribution in [3.05, 3.63) is 89.1 Å². The van der Waals surface area contributed by atoms with E-state index in [9.17, 15) is 22.4 Å². The maximum Gasteiger partial charge on any atom is 0.287 e. The summed E-state index contributed by atoms with van der Waals surface area (Å²) in [5.41, 5.74) is 0.628. The minimum absolute atomic E-state index is 0.0369. The Labute approximate surface area is 179 Å². The fourth-order valence-corrected chi connectivity index (χ4v) is 4.02. The summed E-state index contributed by atoms with van der Waals surface area (Å²) in [6.45, 7) is 1.83. The first-order chi connectivity index (χ1) is 14.8. The quantitative estimate of drug-likeness (QED) is 0.520. The maximum atomic E-state index is 13.5. The number of carbonyl (C=O) groups is 2. The SMILES string of the molecule is Cc1ccc(C(=O)NCCNC(=O)c2ccc(CS(=O)(=O)c3ccccc3)o2)cc1F. The van der Waals surface area contributed by atoms with Crippen molar-refractivity contribution in [1.82, 2.24) is 10.6 Å². The van der Waals surface area contributed by atoms with Gasteiger partial charge in [0.2, 0.25) is 0 Å². The van der Waals surface area contributed by atoms with Gasteiger partial charge >= 0.3 is 0 Å². The second-order valence-corrected chi connectivity index (χ2v) is 8.80. The molecule has 0 saturated carbocycles. The Bertz CT molecular complexity index is 1190. The number of amides is 2. The van der Waals surface area contributed by atoms with Crippen molar-refractivity contribution >= 4 is 21.7 Å². The van der Waals surface area contributed by atoms with Crippen molar-refractivity contribution in [2.45, 2.75) is 17.6 Å². The number of halogens is 1. The molecule has 0 aliphatic rings. The van der Waals surface area contributed by atoms with E-state index in [1.54, 1.807) is 25.1 Å². The highest BCUT2D eigenvalue weighted by molar-refractivity contribution is 7.90. The molecule has 0 aliphatic heterocycles. The number of furan rings is 1. The highest BCUT2D eigenvalue weighted by atomic mass is 32.2. The molecule has 2 amide bonds. The summed E-state index contributed by atoms with van der Waals surface area (Å²) in [5, 5.41) is 5.14. The zero-order chi connectivity index (χ0) is 22.4. The van der Waals surface area contributed by atoms with Gasteiger partial charge in [0.15, 0.2) is 15.6 Å². The molecule has 3 rings (SSSR count). The zero-order valence-electron chi connectivity index (χ0n) is 16.7. The van der Waals surface area contributed by atoms with Gasteiger partial charge in [-0.1, -0.05) is 24.3 Å². The molecule has 162 valence electrons. The van der Waals surface area contributed by atoms with E-state index in [2.05, 4.69) is 10.6 Å². The molecule has 2 N–H and O–H groups in total. The molecular formula is C22H21FN2O5S. The predicted molar refractivity (Wildman–Crippen MR) is 112 cm³/mol. The zero-order valence-corrected chi connectivity index (χ0v) is 17.5. The van der Waals surface area contributed by atoms with Crippen LogP contribution in [0.25, 0.3) is 0 Å². The van der Waals surface area contributed by atoms with Gasteiger partial charge in [0, 0.05) is 18.7 Å². The van der Waals surface area contributed by atoms with Gasteiger partial charge in [-0.25, -0.2) is 12.8 Å². The molecule has 7 nitrogen and oxygen atoms in total. The van der Waals surface area contributed by atoms with Crippen LogP contribution < -0.4 is 10.6 Å². The fraction of sp³-hybridized carbons (Fsp3) is 0.182. The monoisotopic (exact) mass is 444 g/mol. The lowest BCUT2D eigenvalue weighted by molar-refractivity contribution is 0.0909. The first-order valence-corrected chi connectivity index (χ1v) is 11.1. The highest BCUT2D eigenvalue weighted by Gasteiger charge is 2.19. The van der Waals surface area contributed by atoms with E-state index >= 15 is 0 Å². The maximum absolute atomic E-state index is 13.5. The van der Waals surface area contributed by atoms with Gasteiger partial charge in [0.1, 0.15) is 17.3 Å². The lowest BCUT2D eigenvalue weighted by Crippen LogP contribution is -2.34. The van der Waals surface area contributed by atoms with Crippen molar-refractivity contribution in [1.29, 1.82) is 0 Å². The number of nitrogens with one attached hydrogen (secondary N) is 2. The van der Waals surface area contributed by atoms with E-state index in [0.717, 1.165) is 6.07 Å². The van der Waals surface area contributed by atoms with Crippen LogP contribution in [0.4, 0.5) is 4.39 Å². The Balaban J connectivity index is 1.49. The molecule has 2 aromatic carbocycles. The molecule has 0 radical (unpaired) electrons. The van der Waals surface area contributed by atoms with Gasteiger partial charge in [0.05, 0.1) is 4.90 Å². The standard InChI is InChI=1S/C22H21FN2O5S/c1-15-7-8-16(13-19(15)23)21(26)24-11-12-25-22(27)20-10-9-17(30-20)14-31(28,29)18-5-3-2-4-6-18/h2-10,13H,11-12,14H2,1H3,(H,24,26)(H,25,27). The number of rotatable bonds is 8. The van der Waals surface area contributed by atoms with E-state index in [1.165, 1.54) is 36.4 Å². The smallest absolute Gasteiger partial charge is 0.287 e. The van der Waals surface area contributed by atoms with Crippen LogP contribution in [0.3, 0.4) is 0 Å². The molecule has 1 heterocycles. The van der Waals surface area contributed by atoms with Crippen molar-refractivity contribution in [3.63, 3.8) is 0 Å². The van der Waals surface area contributed by atoms with Crippen LogP contribution >= 0.6 is 0 Å². The summed E-state index contributed by atoms with van der Waals surface area (Å²) < 4.78 is 43.7. The molecule has 0 atom stereocenters. The van der Waals surface area contributed by atoms with Gasteiger partial charge in [-0.05, 0) is 48.9 Å². The average molecular weight is 444 g/mol. The van der Waals surface area contributed by atoms with Crippen LogP contribution in [0.2, 0.25) is 0 Å². The normalized spacial score (nSPS) is 11.2. The van der Waals surface area contributed by atoms with Gasteiger partial charge in [-0.2, -0.15) is 0 Å². The fourth-order valence-electron chi connectivity index (χ4n) is 2.75. The van der Waals surface area contributed by atoms with Crippen LogP contribution in [0.1, 0.15) is 32.2 Å². The molecule has 0 unspecified atom stereocenters. The second kappa shape index (κ2) is 9.57. The number of hydrogen-bond acceptors (Lipinski definition) is 5. The van der Waals surface area contributed by atoms with Crippen LogP contribution in [-0.4, -0.2) is 33.3 Å². The van der Waals surface area contributed by atoms with E-state index in [0.29, 0.717) is 5.56 Å². The highest BCUT2D eigenvalue weighted by Crippen LogP contribution is 2.18. The molecule has 9 heteroatoms. The Hall–Kier alpha value is -3.46. The first kappa shape index (κ1) is 22.2. The number of sulfone groups is 1. The summed E-state index contributed by atoms with van der Waals surface area (Å²) in [6, 6.07) is 15.0. The molecule has 0 bridgehead atoms. The van der Waals surface area contributed by atoms with Crippen LogP contribution in [0.5, 0.6) is 0 Å². The van der Waals surface area contributed by atoms with Gasteiger partial charge in [0.25, 0.3) is 11.8 Å². The van der Waals surface area contributed by atoms with Crippen molar-refractivity contribution in [3.8, 4) is 0 Å². The summed E-state index contributed by atoms with van der Waals surface area (Å²) in [7, 11) is -3.59. The Kier molecular flexibility index (Phi) is 6.86. The number of aryl methyl sites for hydroxylation is 1. The van der Waals surface area contributed by atoms with Crippen LogP contribution in [0, 0.1) is 12.7 Å². The third kappa shape index (κ3) is 5.79. The van der Waals surface area contributed by atoms with E-state index < -0.39 is 27.5 Å². The van der Waals surface area contributed by atoms with Crippen LogP contribution in [-0.2, 0) is 15.6 Å². The second-order valence-electron chi connectivity index (χ2n) is 6.81. The average Bonchev–Trinajstić information content (AvgIpc) is 3.21. The van der Waals surface area contributed by atoms with Crippen molar-refractivity contribution in [2.75, 3.05) is 13.1 Å². The van der Waals surface area contributed by atoms with Gasteiger partial charge < -0.3 is 15.1 Å². The number of carbonyl (C=O) groups excluding carboxylic acids is 2. The minimum atomic E-state index is -3.59. The van der Waals surface area contributed by atoms with Gasteiger partial charge in [-0.15, -0.1) is 0 Å². The summed E-state index contributed by atoms with van der Waals surface area (Å²) in [4.78, 5) is 24.4. The van der Waals surface area contributed by atoms with Crippen molar-refractivity contribution < 1.29 is 26.8 Å². The first-order valence-electron chi connectivity index (χ1n) is 9.45.